The van der Waals surface area contributed by atoms with E-state index >= 15 is 0 Å². The number of aliphatic hydroxyl groups excluding tert-OH is 1. The number of rotatable bonds is 7. The first kappa shape index (κ1) is 18.1. The third kappa shape index (κ3) is 5.44. The van der Waals surface area contributed by atoms with Gasteiger partial charge in [0.15, 0.2) is 0 Å². The molecule has 4 nitrogen and oxygen atoms in total. The van der Waals surface area contributed by atoms with Crippen LogP contribution in [-0.2, 0) is 4.79 Å². The van der Waals surface area contributed by atoms with Gasteiger partial charge in [0.05, 0.1) is 6.10 Å². The molecule has 0 heterocycles. The summed E-state index contributed by atoms with van der Waals surface area (Å²) in [6.07, 6.45) is -0.392. The van der Waals surface area contributed by atoms with Gasteiger partial charge in [0.2, 0.25) is 5.91 Å². The average molecular weight is 330 g/mol. The standard InChI is InChI=1S/C19H23FN2O2/c1-13-6-3-4-9-17(13)18(23)12-21-14(2)10-19(24)22-16-8-5-7-15(20)11-16/h3-9,11,14,18,21,23H,10,12H2,1-2H3,(H,22,24). The average Bonchev–Trinajstić information content (AvgIpc) is 2.53. The van der Waals surface area contributed by atoms with Crippen LogP contribution in [0.5, 0.6) is 0 Å². The molecule has 3 N–H and O–H groups in total. The first-order valence-corrected chi connectivity index (χ1v) is 7.98. The summed E-state index contributed by atoms with van der Waals surface area (Å²) in [7, 11) is 0. The summed E-state index contributed by atoms with van der Waals surface area (Å²) in [5, 5.41) is 16.1. The second-order valence-corrected chi connectivity index (χ2v) is 5.94. The largest absolute Gasteiger partial charge is 0.387 e. The third-order valence-corrected chi connectivity index (χ3v) is 3.81. The van der Waals surface area contributed by atoms with Crippen molar-refractivity contribution in [2.75, 3.05) is 11.9 Å². The number of anilines is 1. The maximum atomic E-state index is 13.1. The zero-order chi connectivity index (χ0) is 17.5. The summed E-state index contributed by atoms with van der Waals surface area (Å²) in [4.78, 5) is 12.0. The molecule has 128 valence electrons. The quantitative estimate of drug-likeness (QED) is 0.731. The second kappa shape index (κ2) is 8.57. The molecule has 0 aliphatic rings. The lowest BCUT2D eigenvalue weighted by Gasteiger charge is -2.18. The summed E-state index contributed by atoms with van der Waals surface area (Å²) in [6, 6.07) is 13.3. The van der Waals surface area contributed by atoms with E-state index in [0.29, 0.717) is 12.2 Å². The Morgan fingerprint density at radius 2 is 1.96 bits per heavy atom. The molecule has 2 aromatic rings. The molecular formula is C19H23FN2O2. The van der Waals surface area contributed by atoms with E-state index in [1.807, 2.05) is 38.1 Å². The highest BCUT2D eigenvalue weighted by atomic mass is 19.1. The van der Waals surface area contributed by atoms with Crippen molar-refractivity contribution >= 4 is 11.6 Å². The van der Waals surface area contributed by atoms with E-state index in [2.05, 4.69) is 10.6 Å². The molecule has 0 aliphatic carbocycles. The molecule has 5 heteroatoms. The molecule has 0 saturated carbocycles. The van der Waals surface area contributed by atoms with Gasteiger partial charge in [-0.1, -0.05) is 30.3 Å². The molecule has 0 radical (unpaired) electrons. The predicted octanol–water partition coefficient (Wildman–Crippen LogP) is 3.17. The normalized spacial score (nSPS) is 13.3. The number of carbonyl (C=O) groups excluding carboxylic acids is 1. The number of nitrogens with one attached hydrogen (secondary N) is 2. The van der Waals surface area contributed by atoms with Gasteiger partial charge in [0, 0.05) is 24.7 Å². The molecule has 0 spiro atoms. The number of amides is 1. The first-order valence-electron chi connectivity index (χ1n) is 7.98. The zero-order valence-corrected chi connectivity index (χ0v) is 13.9. The van der Waals surface area contributed by atoms with Gasteiger partial charge in [-0.2, -0.15) is 0 Å². The van der Waals surface area contributed by atoms with Gasteiger partial charge < -0.3 is 15.7 Å². The van der Waals surface area contributed by atoms with Crippen LogP contribution >= 0.6 is 0 Å². The van der Waals surface area contributed by atoms with Crippen molar-refractivity contribution in [2.24, 2.45) is 0 Å². The minimum absolute atomic E-state index is 0.114. The van der Waals surface area contributed by atoms with E-state index in [1.165, 1.54) is 12.1 Å². The van der Waals surface area contributed by atoms with Crippen LogP contribution in [0, 0.1) is 12.7 Å². The van der Waals surface area contributed by atoms with E-state index in [0.717, 1.165) is 11.1 Å². The molecule has 0 fully saturated rings. The van der Waals surface area contributed by atoms with Crippen LogP contribution in [-0.4, -0.2) is 23.6 Å². The van der Waals surface area contributed by atoms with E-state index in [4.69, 9.17) is 0 Å². The van der Waals surface area contributed by atoms with Gasteiger partial charge in [0.1, 0.15) is 5.82 Å². The molecular weight excluding hydrogens is 307 g/mol. The molecule has 1 amide bonds. The predicted molar refractivity (Wildman–Crippen MR) is 93.3 cm³/mol. The van der Waals surface area contributed by atoms with E-state index in [1.54, 1.807) is 12.1 Å². The Morgan fingerprint density at radius 1 is 1.21 bits per heavy atom. The van der Waals surface area contributed by atoms with E-state index in [-0.39, 0.29) is 24.2 Å². The van der Waals surface area contributed by atoms with Crippen molar-refractivity contribution in [3.63, 3.8) is 0 Å². The minimum Gasteiger partial charge on any atom is -0.387 e. The van der Waals surface area contributed by atoms with Gasteiger partial charge in [-0.3, -0.25) is 4.79 Å². The molecule has 0 saturated heterocycles. The number of hydrogen-bond donors (Lipinski definition) is 3. The Bertz CT molecular complexity index is 691. The topological polar surface area (TPSA) is 61.4 Å². The maximum absolute atomic E-state index is 13.1. The molecule has 24 heavy (non-hydrogen) atoms. The number of benzene rings is 2. The van der Waals surface area contributed by atoms with Crippen molar-refractivity contribution in [3.05, 3.63) is 65.5 Å². The van der Waals surface area contributed by atoms with Crippen LogP contribution in [0.2, 0.25) is 0 Å². The molecule has 2 aromatic carbocycles. The van der Waals surface area contributed by atoms with Crippen LogP contribution in [0.25, 0.3) is 0 Å². The summed E-state index contributed by atoms with van der Waals surface area (Å²) < 4.78 is 13.1. The Hall–Kier alpha value is -2.24. The van der Waals surface area contributed by atoms with Crippen molar-refractivity contribution < 1.29 is 14.3 Å². The lowest BCUT2D eigenvalue weighted by atomic mass is 10.0. The van der Waals surface area contributed by atoms with Gasteiger partial charge in [-0.05, 0) is 43.2 Å². The van der Waals surface area contributed by atoms with Crippen LogP contribution in [0.1, 0.15) is 30.6 Å². The van der Waals surface area contributed by atoms with Crippen LogP contribution < -0.4 is 10.6 Å². The summed E-state index contributed by atoms with van der Waals surface area (Å²) in [5.74, 6) is -0.591. The molecule has 2 atom stereocenters. The fourth-order valence-corrected chi connectivity index (χ4v) is 2.51. The molecule has 0 aliphatic heterocycles. The minimum atomic E-state index is -0.625. The van der Waals surface area contributed by atoms with Crippen LogP contribution in [0.15, 0.2) is 48.5 Å². The lowest BCUT2D eigenvalue weighted by Crippen LogP contribution is -2.33. The molecule has 0 bridgehead atoms. The summed E-state index contributed by atoms with van der Waals surface area (Å²) in [6.45, 7) is 4.18. The number of hydrogen-bond acceptors (Lipinski definition) is 3. The van der Waals surface area contributed by atoms with Gasteiger partial charge in [0.25, 0.3) is 0 Å². The Balaban J connectivity index is 1.79. The highest BCUT2D eigenvalue weighted by Gasteiger charge is 2.13. The van der Waals surface area contributed by atoms with E-state index < -0.39 is 6.10 Å². The van der Waals surface area contributed by atoms with Crippen molar-refractivity contribution in [1.29, 1.82) is 0 Å². The highest BCUT2D eigenvalue weighted by Crippen LogP contribution is 2.16. The smallest absolute Gasteiger partial charge is 0.225 e. The number of carbonyl (C=O) groups is 1. The molecule has 0 aromatic heterocycles. The van der Waals surface area contributed by atoms with Crippen LogP contribution in [0.4, 0.5) is 10.1 Å². The zero-order valence-electron chi connectivity index (χ0n) is 13.9. The Kier molecular flexibility index (Phi) is 6.46. The lowest BCUT2D eigenvalue weighted by molar-refractivity contribution is -0.116. The van der Waals surface area contributed by atoms with E-state index in [9.17, 15) is 14.3 Å². The maximum Gasteiger partial charge on any atom is 0.225 e. The molecule has 2 rings (SSSR count). The molecule has 2 unspecified atom stereocenters. The van der Waals surface area contributed by atoms with Crippen LogP contribution in [0.3, 0.4) is 0 Å². The second-order valence-electron chi connectivity index (χ2n) is 5.94. The van der Waals surface area contributed by atoms with Crippen molar-refractivity contribution in [3.8, 4) is 0 Å². The highest BCUT2D eigenvalue weighted by molar-refractivity contribution is 5.91. The van der Waals surface area contributed by atoms with Crippen molar-refractivity contribution in [2.45, 2.75) is 32.4 Å². The van der Waals surface area contributed by atoms with Gasteiger partial charge in [-0.15, -0.1) is 0 Å². The van der Waals surface area contributed by atoms with Gasteiger partial charge in [-0.25, -0.2) is 4.39 Å². The summed E-state index contributed by atoms with van der Waals surface area (Å²) in [5.41, 5.74) is 2.34. The Morgan fingerprint density at radius 3 is 2.67 bits per heavy atom. The third-order valence-electron chi connectivity index (χ3n) is 3.81. The number of aryl methyl sites for hydroxylation is 1. The van der Waals surface area contributed by atoms with Crippen molar-refractivity contribution in [1.82, 2.24) is 5.32 Å². The SMILES string of the molecule is Cc1ccccc1C(O)CNC(C)CC(=O)Nc1cccc(F)c1. The van der Waals surface area contributed by atoms with Gasteiger partial charge >= 0.3 is 0 Å². The number of halogens is 1. The summed E-state index contributed by atoms with van der Waals surface area (Å²) >= 11 is 0. The Labute approximate surface area is 141 Å². The first-order chi connectivity index (χ1) is 11.5. The monoisotopic (exact) mass is 330 g/mol. The fourth-order valence-electron chi connectivity index (χ4n) is 2.51. The fraction of sp³-hybridized carbons (Fsp3) is 0.316. The number of aliphatic hydroxyl groups is 1.